The quantitative estimate of drug-likeness (QED) is 0.204. The van der Waals surface area contributed by atoms with Crippen LogP contribution in [0.5, 0.6) is 0 Å². The van der Waals surface area contributed by atoms with Crippen molar-refractivity contribution in [2.75, 3.05) is 79.0 Å². The number of aromatic nitrogens is 3. The van der Waals surface area contributed by atoms with Gasteiger partial charge in [0.2, 0.25) is 5.91 Å². The molecule has 3 saturated heterocycles. The van der Waals surface area contributed by atoms with Gasteiger partial charge in [0.1, 0.15) is 5.82 Å². The Morgan fingerprint density at radius 1 is 0.772 bits per heavy atom. The summed E-state index contributed by atoms with van der Waals surface area (Å²) in [7, 11) is 5.80. The van der Waals surface area contributed by atoms with Gasteiger partial charge >= 0.3 is 6.03 Å². The number of rotatable bonds is 6. The van der Waals surface area contributed by atoms with E-state index < -0.39 is 6.03 Å². The number of aryl methyl sites for hydroxylation is 3. The highest BCUT2D eigenvalue weighted by Crippen LogP contribution is 2.44. The zero-order valence-corrected chi connectivity index (χ0v) is 33.8. The number of benzene rings is 3. The first-order valence-corrected chi connectivity index (χ1v) is 20.5. The highest BCUT2D eigenvalue weighted by molar-refractivity contribution is 6.31. The summed E-state index contributed by atoms with van der Waals surface area (Å²) in [5.74, 6) is 0.614. The highest BCUT2D eigenvalue weighted by Gasteiger charge is 2.32. The summed E-state index contributed by atoms with van der Waals surface area (Å²) < 4.78 is 19.2. The monoisotopic (exact) mass is 793 g/mol. The normalized spacial score (nSPS) is 18.9. The Bertz CT molecular complexity index is 2480. The maximum Gasteiger partial charge on any atom is 0.329 e. The number of hydrogen-bond donors (Lipinski definition) is 1. The molecule has 0 radical (unpaired) electrons. The van der Waals surface area contributed by atoms with Gasteiger partial charge in [0, 0.05) is 88.2 Å². The molecule has 6 heterocycles. The summed E-state index contributed by atoms with van der Waals surface area (Å²) in [6.07, 6.45) is 4.22. The minimum atomic E-state index is -0.535. The summed E-state index contributed by atoms with van der Waals surface area (Å²) in [6, 6.07) is 15.6. The molecule has 57 heavy (non-hydrogen) atoms. The van der Waals surface area contributed by atoms with E-state index in [0.717, 1.165) is 111 Å². The molecule has 9 rings (SSSR count). The molecule has 3 amide bonds. The van der Waals surface area contributed by atoms with E-state index in [2.05, 4.69) is 67.4 Å². The van der Waals surface area contributed by atoms with E-state index in [1.165, 1.54) is 16.5 Å². The number of carbonyl (C=O) groups is 2. The molecule has 14 heteroatoms. The Labute approximate surface area is 336 Å². The standard InChI is InChI=1S/C43H49ClFN9O3/c1-26-19-31-35(49(3)42(26)56)20-29(21-37(31)53-18-17-48(2)34-6-5-30(44)22-39(34)53)28-9-12-51(13-10-28)25-27-7-14-52(15-8-27)38-24-36-32(23-33(38)45)41(47-50(36)4)54-16-11-40(55)46-43(54)57/h5-6,19-24,27-28H,7-18,25H2,1-4H3,(H,46,55,57). The van der Waals surface area contributed by atoms with E-state index in [1.54, 1.807) is 11.7 Å². The number of nitrogens with one attached hydrogen (secondary N) is 1. The van der Waals surface area contributed by atoms with Crippen LogP contribution >= 0.6 is 11.6 Å². The van der Waals surface area contributed by atoms with E-state index in [4.69, 9.17) is 11.6 Å². The van der Waals surface area contributed by atoms with Crippen molar-refractivity contribution in [1.82, 2.24) is 24.6 Å². The largest absolute Gasteiger partial charge is 0.371 e. The van der Waals surface area contributed by atoms with Crippen LogP contribution in [-0.4, -0.2) is 90.6 Å². The van der Waals surface area contributed by atoms with Gasteiger partial charge in [-0.3, -0.25) is 24.5 Å². The van der Waals surface area contributed by atoms with Crippen LogP contribution in [0.4, 0.5) is 37.8 Å². The van der Waals surface area contributed by atoms with Crippen LogP contribution < -0.4 is 30.5 Å². The number of nitrogens with zero attached hydrogens (tertiary/aromatic N) is 8. The summed E-state index contributed by atoms with van der Waals surface area (Å²) in [6.45, 7) is 8.38. The second kappa shape index (κ2) is 14.7. The SMILES string of the molecule is Cc1cc2c(N3CCN(C)c4ccc(Cl)cc43)cc(C3CCN(CC4CCN(c5cc6c(cc5F)c(N5CCC(=O)NC5=O)nn6C)CC4)CC3)cc2n(C)c1=O. The van der Waals surface area contributed by atoms with E-state index in [0.29, 0.717) is 33.7 Å². The van der Waals surface area contributed by atoms with Crippen LogP contribution in [0.3, 0.4) is 0 Å². The lowest BCUT2D eigenvalue weighted by molar-refractivity contribution is -0.120. The Morgan fingerprint density at radius 2 is 1.54 bits per heavy atom. The number of likely N-dealkylation sites (N-methyl/N-ethyl adjacent to an activating group) is 1. The lowest BCUT2D eigenvalue weighted by Crippen LogP contribution is -2.49. The molecular weight excluding hydrogens is 745 g/mol. The number of carbonyl (C=O) groups excluding carboxylic acids is 2. The highest BCUT2D eigenvalue weighted by atomic mass is 35.5. The van der Waals surface area contributed by atoms with Gasteiger partial charge in [-0.25, -0.2) is 9.18 Å². The van der Waals surface area contributed by atoms with E-state index in [1.807, 2.05) is 30.7 Å². The lowest BCUT2D eigenvalue weighted by atomic mass is 9.87. The molecule has 0 aliphatic carbocycles. The van der Waals surface area contributed by atoms with Crippen LogP contribution in [0.25, 0.3) is 21.8 Å². The van der Waals surface area contributed by atoms with Gasteiger partial charge in [0.05, 0.1) is 33.8 Å². The van der Waals surface area contributed by atoms with Crippen LogP contribution in [0.1, 0.15) is 49.1 Å². The molecule has 0 saturated carbocycles. The van der Waals surface area contributed by atoms with Crippen molar-refractivity contribution < 1.29 is 14.0 Å². The van der Waals surface area contributed by atoms with Crippen LogP contribution in [0.15, 0.2) is 53.3 Å². The minimum Gasteiger partial charge on any atom is -0.371 e. The van der Waals surface area contributed by atoms with Crippen molar-refractivity contribution in [3.8, 4) is 0 Å². The lowest BCUT2D eigenvalue weighted by Gasteiger charge is -2.39. The van der Waals surface area contributed by atoms with Crippen molar-refractivity contribution >= 4 is 73.9 Å². The van der Waals surface area contributed by atoms with Gasteiger partial charge in [-0.15, -0.1) is 0 Å². The minimum absolute atomic E-state index is 0.0330. The topological polar surface area (TPSA) is 102 Å². The molecule has 4 aliphatic heterocycles. The van der Waals surface area contributed by atoms with Crippen molar-refractivity contribution in [3.63, 3.8) is 0 Å². The fourth-order valence-corrected chi connectivity index (χ4v) is 9.75. The molecule has 3 aromatic carbocycles. The molecule has 3 fully saturated rings. The summed E-state index contributed by atoms with van der Waals surface area (Å²) >= 11 is 6.56. The maximum absolute atomic E-state index is 15.8. The zero-order chi connectivity index (χ0) is 39.7. The molecular formula is C43H49ClFN9O3. The summed E-state index contributed by atoms with van der Waals surface area (Å²) in [5, 5.41) is 9.20. The fourth-order valence-electron chi connectivity index (χ4n) is 9.58. The number of amides is 3. The van der Waals surface area contributed by atoms with Crippen LogP contribution in [0, 0.1) is 18.7 Å². The van der Waals surface area contributed by atoms with Crippen LogP contribution in [-0.2, 0) is 18.9 Å². The Hall–Kier alpha value is -5.14. The number of imide groups is 1. The first-order chi connectivity index (χ1) is 27.4. The number of fused-ring (bicyclic) bond motifs is 3. The molecule has 1 N–H and O–H groups in total. The number of likely N-dealkylation sites (tertiary alicyclic amines) is 1. The molecule has 0 unspecified atom stereocenters. The Morgan fingerprint density at radius 3 is 2.30 bits per heavy atom. The molecule has 0 spiro atoms. The molecule has 12 nitrogen and oxygen atoms in total. The van der Waals surface area contributed by atoms with Crippen molar-refractivity contribution in [3.05, 3.63) is 80.9 Å². The molecule has 298 valence electrons. The number of urea groups is 1. The van der Waals surface area contributed by atoms with Gasteiger partial charge in [-0.1, -0.05) is 11.6 Å². The summed E-state index contributed by atoms with van der Waals surface area (Å²) in [4.78, 5) is 48.2. The van der Waals surface area contributed by atoms with E-state index in [9.17, 15) is 14.4 Å². The smallest absolute Gasteiger partial charge is 0.329 e. The molecule has 0 atom stereocenters. The average Bonchev–Trinajstić information content (AvgIpc) is 3.51. The van der Waals surface area contributed by atoms with Crippen LogP contribution in [0.2, 0.25) is 5.02 Å². The second-order valence-electron chi connectivity index (χ2n) is 16.4. The predicted molar refractivity (Wildman–Crippen MR) is 225 cm³/mol. The van der Waals surface area contributed by atoms with E-state index >= 15 is 4.39 Å². The van der Waals surface area contributed by atoms with Gasteiger partial charge in [-0.2, -0.15) is 5.10 Å². The van der Waals surface area contributed by atoms with Gasteiger partial charge < -0.3 is 24.2 Å². The molecule has 5 aromatic rings. The first-order valence-electron chi connectivity index (χ1n) is 20.1. The predicted octanol–water partition coefficient (Wildman–Crippen LogP) is 6.66. The Kier molecular flexibility index (Phi) is 9.63. The number of hydrogen-bond acceptors (Lipinski definition) is 8. The third kappa shape index (κ3) is 6.78. The third-order valence-corrected chi connectivity index (χ3v) is 13.1. The third-order valence-electron chi connectivity index (χ3n) is 12.9. The number of piperidine rings is 2. The summed E-state index contributed by atoms with van der Waals surface area (Å²) in [5.41, 5.74) is 7.65. The van der Waals surface area contributed by atoms with Gasteiger partial charge in [0.25, 0.3) is 5.56 Å². The number of anilines is 5. The number of halogens is 2. The molecule has 4 aliphatic rings. The van der Waals surface area contributed by atoms with Crippen molar-refractivity contribution in [2.24, 2.45) is 20.0 Å². The fraction of sp³-hybridized carbons (Fsp3) is 0.442. The maximum atomic E-state index is 15.8. The van der Waals surface area contributed by atoms with Crippen molar-refractivity contribution in [2.45, 2.75) is 44.9 Å². The van der Waals surface area contributed by atoms with Gasteiger partial charge in [0.15, 0.2) is 5.82 Å². The average molecular weight is 794 g/mol. The molecule has 2 aromatic heterocycles. The first kappa shape index (κ1) is 37.4. The van der Waals surface area contributed by atoms with Gasteiger partial charge in [-0.05, 0) is 112 Å². The van der Waals surface area contributed by atoms with E-state index in [-0.39, 0.29) is 30.2 Å². The molecule has 0 bridgehead atoms. The van der Waals surface area contributed by atoms with Crippen molar-refractivity contribution in [1.29, 1.82) is 0 Å². The Balaban J connectivity index is 0.878. The second-order valence-corrected chi connectivity index (χ2v) is 16.8. The zero-order valence-electron chi connectivity index (χ0n) is 33.0. The number of pyridine rings is 1.